The lowest BCUT2D eigenvalue weighted by Crippen LogP contribution is -2.56. The van der Waals surface area contributed by atoms with Gasteiger partial charge in [-0.25, -0.2) is 0 Å². The van der Waals surface area contributed by atoms with E-state index in [1.165, 1.54) is 25.3 Å². The van der Waals surface area contributed by atoms with Gasteiger partial charge in [0.2, 0.25) is 0 Å². The monoisotopic (exact) mass is 422 g/mol. The number of benzene rings is 1. The Bertz CT molecular complexity index is 859. The minimum atomic E-state index is -0.588. The second-order valence-corrected chi connectivity index (χ2v) is 9.46. The normalized spacial score (nSPS) is 31.9. The van der Waals surface area contributed by atoms with Crippen LogP contribution in [0.2, 0.25) is 0 Å². The van der Waals surface area contributed by atoms with Crippen LogP contribution in [0.4, 0.5) is 11.4 Å². The third kappa shape index (κ3) is 3.77. The number of nitrogens with zero attached hydrogens (tertiary/aromatic N) is 1. The minimum absolute atomic E-state index is 0.150. The second-order valence-electron chi connectivity index (χ2n) is 8.66. The summed E-state index contributed by atoms with van der Waals surface area (Å²) in [5.41, 5.74) is -0.619. The lowest BCUT2D eigenvalue weighted by atomic mass is 9.49. The van der Waals surface area contributed by atoms with Gasteiger partial charge in [-0.3, -0.25) is 19.7 Å². The van der Waals surface area contributed by atoms with Crippen molar-refractivity contribution in [1.29, 1.82) is 0 Å². The highest BCUT2D eigenvalue weighted by molar-refractivity contribution is 6.24. The number of hydrogen-bond acceptors (Lipinski definition) is 6. The molecule has 9 heteroatoms. The van der Waals surface area contributed by atoms with E-state index in [-0.39, 0.29) is 28.0 Å². The topological polar surface area (TPSA) is 108 Å². The minimum Gasteiger partial charge on any atom is -0.495 e. The number of non-ortho nitro benzene ring substituents is 1. The third-order valence-electron chi connectivity index (χ3n) is 6.43. The zero-order valence-corrected chi connectivity index (χ0v) is 16.9. The first-order valence-electron chi connectivity index (χ1n) is 9.70. The first kappa shape index (κ1) is 19.9. The van der Waals surface area contributed by atoms with Crippen molar-refractivity contribution >= 4 is 34.9 Å². The summed E-state index contributed by atoms with van der Waals surface area (Å²) in [4.78, 5) is 35.3. The van der Waals surface area contributed by atoms with E-state index < -0.39 is 22.9 Å². The van der Waals surface area contributed by atoms with Crippen molar-refractivity contribution in [3.63, 3.8) is 0 Å². The Kier molecular flexibility index (Phi) is 4.93. The van der Waals surface area contributed by atoms with Crippen molar-refractivity contribution in [2.24, 2.45) is 17.3 Å². The zero-order chi connectivity index (χ0) is 20.8. The van der Waals surface area contributed by atoms with Gasteiger partial charge >= 0.3 is 5.97 Å². The number of amides is 1. The Morgan fingerprint density at radius 3 is 2.55 bits per heavy atom. The van der Waals surface area contributed by atoms with E-state index in [9.17, 15) is 19.7 Å². The molecule has 156 valence electrons. The van der Waals surface area contributed by atoms with Crippen molar-refractivity contribution in [3.05, 3.63) is 28.3 Å². The number of rotatable bonds is 6. The number of anilines is 1. The highest BCUT2D eigenvalue weighted by Crippen LogP contribution is 2.64. The van der Waals surface area contributed by atoms with E-state index in [1.54, 1.807) is 0 Å². The molecule has 0 radical (unpaired) electrons. The molecule has 4 atom stereocenters. The van der Waals surface area contributed by atoms with E-state index >= 15 is 0 Å². The van der Waals surface area contributed by atoms with Crippen molar-refractivity contribution in [3.8, 4) is 5.75 Å². The van der Waals surface area contributed by atoms with Crippen LogP contribution in [-0.2, 0) is 14.3 Å². The van der Waals surface area contributed by atoms with E-state index in [4.69, 9.17) is 21.1 Å². The number of hydrogen-bond donors (Lipinski definition) is 1. The number of carbonyl (C=O) groups is 2. The Labute approximate surface area is 173 Å². The van der Waals surface area contributed by atoms with E-state index in [0.717, 1.165) is 32.1 Å². The third-order valence-corrected chi connectivity index (χ3v) is 6.87. The van der Waals surface area contributed by atoms with E-state index in [2.05, 4.69) is 5.32 Å². The molecular formula is C20H23ClN2O6. The van der Waals surface area contributed by atoms with Gasteiger partial charge in [-0.2, -0.15) is 0 Å². The van der Waals surface area contributed by atoms with Gasteiger partial charge in [0.15, 0.2) is 6.61 Å². The summed E-state index contributed by atoms with van der Waals surface area (Å²) in [7, 11) is 1.39. The number of esters is 1. The molecule has 0 saturated heterocycles. The molecule has 4 aliphatic carbocycles. The summed E-state index contributed by atoms with van der Waals surface area (Å²) in [6.45, 7) is -0.461. The van der Waals surface area contributed by atoms with Crippen LogP contribution in [0, 0.1) is 27.4 Å². The molecule has 0 aromatic heterocycles. The molecule has 4 saturated carbocycles. The molecule has 1 N–H and O–H groups in total. The van der Waals surface area contributed by atoms with Gasteiger partial charge < -0.3 is 14.8 Å². The molecule has 29 heavy (non-hydrogen) atoms. The van der Waals surface area contributed by atoms with Crippen molar-refractivity contribution in [2.75, 3.05) is 19.0 Å². The van der Waals surface area contributed by atoms with Crippen LogP contribution in [-0.4, -0.2) is 35.4 Å². The summed E-state index contributed by atoms with van der Waals surface area (Å²) in [5, 5.41) is 13.5. The fourth-order valence-corrected chi connectivity index (χ4v) is 6.46. The lowest BCUT2D eigenvalue weighted by molar-refractivity contribution is -0.384. The zero-order valence-electron chi connectivity index (χ0n) is 16.1. The van der Waals surface area contributed by atoms with Gasteiger partial charge in [-0.1, -0.05) is 0 Å². The number of halogens is 1. The molecule has 4 bridgehead atoms. The van der Waals surface area contributed by atoms with Crippen LogP contribution >= 0.6 is 11.6 Å². The van der Waals surface area contributed by atoms with E-state index in [0.29, 0.717) is 18.3 Å². The molecule has 1 aromatic carbocycles. The number of nitro benzene ring substituents is 1. The first-order chi connectivity index (χ1) is 13.7. The van der Waals surface area contributed by atoms with Gasteiger partial charge in [-0.05, 0) is 56.4 Å². The summed E-state index contributed by atoms with van der Waals surface area (Å²) in [6, 6.07) is 3.88. The smallest absolute Gasteiger partial charge is 0.312 e. The van der Waals surface area contributed by atoms with Crippen LogP contribution in [0.5, 0.6) is 5.75 Å². The molecule has 2 unspecified atom stereocenters. The SMILES string of the molecule is COc1ccc([N+](=O)[O-])cc1NC(=O)COC(=O)C12C[C@@H]3C[C@@H](CC(Cl)(C3)C1)C2. The van der Waals surface area contributed by atoms with Gasteiger partial charge in [0.05, 0.1) is 23.1 Å². The number of carbonyl (C=O) groups excluding carboxylic acids is 2. The van der Waals surface area contributed by atoms with Gasteiger partial charge in [0.25, 0.3) is 11.6 Å². The van der Waals surface area contributed by atoms with E-state index in [1.807, 2.05) is 0 Å². The molecule has 4 fully saturated rings. The molecule has 0 heterocycles. The summed E-state index contributed by atoms with van der Waals surface area (Å²) in [5.74, 6) is 0.231. The molecule has 0 aliphatic heterocycles. The average molecular weight is 423 g/mol. The fourth-order valence-electron chi connectivity index (χ4n) is 5.77. The predicted octanol–water partition coefficient (Wildman–Crippen LogP) is 3.66. The first-order valence-corrected chi connectivity index (χ1v) is 10.1. The molecule has 1 amide bonds. The number of alkyl halides is 1. The quantitative estimate of drug-likeness (QED) is 0.324. The number of nitro groups is 1. The van der Waals surface area contributed by atoms with Gasteiger partial charge in [0, 0.05) is 17.0 Å². The fraction of sp³-hybridized carbons (Fsp3) is 0.600. The van der Waals surface area contributed by atoms with Gasteiger partial charge in [-0.15, -0.1) is 11.6 Å². The molecule has 5 rings (SSSR count). The Hall–Kier alpha value is -2.35. The van der Waals surface area contributed by atoms with Crippen molar-refractivity contribution in [2.45, 2.75) is 43.4 Å². The maximum Gasteiger partial charge on any atom is 0.312 e. The maximum atomic E-state index is 12.9. The largest absolute Gasteiger partial charge is 0.495 e. The van der Waals surface area contributed by atoms with Crippen LogP contribution < -0.4 is 10.1 Å². The second kappa shape index (κ2) is 7.16. The Balaban J connectivity index is 1.40. The Morgan fingerprint density at radius 2 is 1.97 bits per heavy atom. The van der Waals surface area contributed by atoms with Gasteiger partial charge in [0.1, 0.15) is 5.75 Å². The highest BCUT2D eigenvalue weighted by Gasteiger charge is 2.60. The molecule has 8 nitrogen and oxygen atoms in total. The predicted molar refractivity (Wildman–Crippen MR) is 105 cm³/mol. The maximum absolute atomic E-state index is 12.9. The molecule has 0 spiro atoms. The summed E-state index contributed by atoms with van der Waals surface area (Å²) in [6.07, 6.45) is 5.18. The Morgan fingerprint density at radius 1 is 1.28 bits per heavy atom. The van der Waals surface area contributed by atoms with Crippen LogP contribution in [0.3, 0.4) is 0 Å². The number of methoxy groups -OCH3 is 1. The average Bonchev–Trinajstić information content (AvgIpc) is 2.64. The summed E-state index contributed by atoms with van der Waals surface area (Å²) >= 11 is 6.75. The summed E-state index contributed by atoms with van der Waals surface area (Å²) < 4.78 is 10.5. The van der Waals surface area contributed by atoms with Crippen LogP contribution in [0.1, 0.15) is 38.5 Å². The van der Waals surface area contributed by atoms with Crippen molar-refractivity contribution < 1.29 is 24.0 Å². The molecule has 4 aliphatic rings. The molecule has 1 aromatic rings. The molecular weight excluding hydrogens is 400 g/mol. The number of nitrogens with one attached hydrogen (secondary N) is 1. The van der Waals surface area contributed by atoms with Crippen LogP contribution in [0.25, 0.3) is 0 Å². The lowest BCUT2D eigenvalue weighted by Gasteiger charge is -2.58. The van der Waals surface area contributed by atoms with Crippen molar-refractivity contribution in [1.82, 2.24) is 0 Å². The standard InChI is InChI=1S/C20H23ClN2O6/c1-28-16-3-2-14(23(26)27)5-15(16)22-17(24)10-29-18(25)19-6-12-4-13(7-19)9-20(21,8-12)11-19/h2-3,5,12-13H,4,6-11H2,1H3,(H,22,24)/t12-,13+,19?,20?. The number of ether oxygens (including phenoxy) is 2. The van der Waals surface area contributed by atoms with Crippen LogP contribution in [0.15, 0.2) is 18.2 Å². The highest BCUT2D eigenvalue weighted by atomic mass is 35.5.